The first-order valence-corrected chi connectivity index (χ1v) is 3.96. The molecule has 0 unspecified atom stereocenters. The fraction of sp³-hybridized carbons (Fsp3) is 0.571. The van der Waals surface area contributed by atoms with Gasteiger partial charge in [-0.15, -0.1) is 0 Å². The van der Waals surface area contributed by atoms with E-state index in [1.54, 1.807) is 17.1 Å². The van der Waals surface area contributed by atoms with Crippen molar-refractivity contribution in [2.75, 3.05) is 6.61 Å². The van der Waals surface area contributed by atoms with Crippen molar-refractivity contribution in [3.8, 4) is 0 Å². The molecule has 2 rings (SSSR count). The molecule has 1 heterocycles. The molecule has 4 heteroatoms. The molecule has 0 aliphatic heterocycles. The van der Waals surface area contributed by atoms with Gasteiger partial charge in [0.25, 0.3) is 0 Å². The monoisotopic (exact) mass is 172 g/mol. The molecule has 1 aliphatic carbocycles. The molecule has 1 aromatic heterocycles. The lowest BCUT2D eigenvalue weighted by Crippen LogP contribution is -2.21. The summed E-state index contributed by atoms with van der Waals surface area (Å²) in [5.74, 6) is 0. The first-order chi connectivity index (χ1) is 5.27. The predicted molar refractivity (Wildman–Crippen MR) is 41.5 cm³/mol. The average molecular weight is 173 g/mol. The Morgan fingerprint density at radius 1 is 1.73 bits per heavy atom. The maximum atomic E-state index is 9.02. The third-order valence-corrected chi connectivity index (χ3v) is 2.35. The lowest BCUT2D eigenvalue weighted by Gasteiger charge is -2.10. The molecule has 0 saturated heterocycles. The van der Waals surface area contributed by atoms with Gasteiger partial charge in [0.2, 0.25) is 0 Å². The van der Waals surface area contributed by atoms with Gasteiger partial charge in [-0.25, -0.2) is 0 Å². The summed E-state index contributed by atoms with van der Waals surface area (Å²) in [4.78, 5) is 0. The zero-order chi connectivity index (χ0) is 7.90. The predicted octanol–water partition coefficient (Wildman–Crippen LogP) is 1.02. The van der Waals surface area contributed by atoms with Gasteiger partial charge in [0.05, 0.1) is 23.4 Å². The van der Waals surface area contributed by atoms with Crippen LogP contribution in [-0.4, -0.2) is 21.5 Å². The fourth-order valence-electron chi connectivity index (χ4n) is 1.16. The van der Waals surface area contributed by atoms with Crippen LogP contribution in [0.5, 0.6) is 0 Å². The van der Waals surface area contributed by atoms with Gasteiger partial charge in [0.15, 0.2) is 0 Å². The van der Waals surface area contributed by atoms with Gasteiger partial charge >= 0.3 is 0 Å². The Kier molecular flexibility index (Phi) is 1.44. The molecule has 60 valence electrons. The Hall–Kier alpha value is -0.540. The molecule has 1 N–H and O–H groups in total. The van der Waals surface area contributed by atoms with E-state index in [9.17, 15) is 0 Å². The zero-order valence-electron chi connectivity index (χ0n) is 6.00. The van der Waals surface area contributed by atoms with Crippen LogP contribution >= 0.6 is 11.6 Å². The molecule has 0 radical (unpaired) electrons. The highest BCUT2D eigenvalue weighted by molar-refractivity contribution is 6.30. The van der Waals surface area contributed by atoms with Crippen molar-refractivity contribution >= 4 is 11.6 Å². The highest BCUT2D eigenvalue weighted by Crippen LogP contribution is 2.42. The number of aliphatic hydroxyl groups is 1. The summed E-state index contributed by atoms with van der Waals surface area (Å²) in [6.45, 7) is 0.158. The number of halogens is 1. The van der Waals surface area contributed by atoms with Crippen LogP contribution in [0.4, 0.5) is 0 Å². The zero-order valence-corrected chi connectivity index (χ0v) is 6.75. The minimum absolute atomic E-state index is 0.118. The highest BCUT2D eigenvalue weighted by atomic mass is 35.5. The molecule has 0 bridgehead atoms. The van der Waals surface area contributed by atoms with Gasteiger partial charge < -0.3 is 5.11 Å². The van der Waals surface area contributed by atoms with Gasteiger partial charge in [0, 0.05) is 6.20 Å². The molecular formula is C7H9ClN2O. The van der Waals surface area contributed by atoms with Crippen LogP contribution in [0, 0.1) is 0 Å². The Morgan fingerprint density at radius 3 is 2.82 bits per heavy atom. The van der Waals surface area contributed by atoms with Crippen molar-refractivity contribution in [2.45, 2.75) is 18.4 Å². The van der Waals surface area contributed by atoms with Crippen LogP contribution in [0.25, 0.3) is 0 Å². The number of hydrogen-bond donors (Lipinski definition) is 1. The lowest BCUT2D eigenvalue weighted by molar-refractivity contribution is 0.202. The smallest absolute Gasteiger partial charge is 0.0859 e. The largest absolute Gasteiger partial charge is 0.394 e. The average Bonchev–Trinajstić information content (AvgIpc) is 2.70. The molecule has 0 spiro atoms. The molecule has 0 amide bonds. The van der Waals surface area contributed by atoms with Crippen molar-refractivity contribution in [3.63, 3.8) is 0 Å². The first kappa shape index (κ1) is 7.13. The Bertz CT molecular complexity index is 267. The van der Waals surface area contributed by atoms with Crippen molar-refractivity contribution in [2.24, 2.45) is 0 Å². The van der Waals surface area contributed by atoms with E-state index in [1.807, 2.05) is 0 Å². The van der Waals surface area contributed by atoms with Gasteiger partial charge in [-0.2, -0.15) is 5.10 Å². The van der Waals surface area contributed by atoms with Gasteiger partial charge in [-0.3, -0.25) is 4.68 Å². The first-order valence-electron chi connectivity index (χ1n) is 3.58. The summed E-state index contributed by atoms with van der Waals surface area (Å²) in [5.41, 5.74) is -0.118. The summed E-state index contributed by atoms with van der Waals surface area (Å²) in [6.07, 6.45) is 5.35. The Morgan fingerprint density at radius 2 is 2.45 bits per heavy atom. The number of nitrogens with zero attached hydrogens (tertiary/aromatic N) is 2. The van der Waals surface area contributed by atoms with Crippen molar-refractivity contribution in [1.82, 2.24) is 9.78 Å². The Labute approximate surface area is 69.6 Å². The molecule has 1 aromatic rings. The van der Waals surface area contributed by atoms with Crippen LogP contribution in [0.1, 0.15) is 12.8 Å². The summed E-state index contributed by atoms with van der Waals surface area (Å²) in [7, 11) is 0. The van der Waals surface area contributed by atoms with Gasteiger partial charge in [-0.1, -0.05) is 11.6 Å². The van der Waals surface area contributed by atoms with Gasteiger partial charge in [-0.05, 0) is 12.8 Å². The molecule has 0 aromatic carbocycles. The molecule has 1 saturated carbocycles. The highest BCUT2D eigenvalue weighted by Gasteiger charge is 2.44. The second-order valence-corrected chi connectivity index (χ2v) is 3.42. The lowest BCUT2D eigenvalue weighted by atomic mass is 10.3. The van der Waals surface area contributed by atoms with E-state index in [0.717, 1.165) is 12.8 Å². The maximum absolute atomic E-state index is 9.02. The minimum atomic E-state index is -0.118. The van der Waals surface area contributed by atoms with Crippen molar-refractivity contribution in [3.05, 3.63) is 17.4 Å². The molecule has 1 fully saturated rings. The van der Waals surface area contributed by atoms with E-state index in [1.165, 1.54) is 0 Å². The molecule has 11 heavy (non-hydrogen) atoms. The van der Waals surface area contributed by atoms with E-state index in [4.69, 9.17) is 16.7 Å². The third-order valence-electron chi connectivity index (χ3n) is 2.16. The Balaban J connectivity index is 2.29. The minimum Gasteiger partial charge on any atom is -0.394 e. The van der Waals surface area contributed by atoms with Crippen LogP contribution in [-0.2, 0) is 5.54 Å². The van der Waals surface area contributed by atoms with E-state index >= 15 is 0 Å². The summed E-state index contributed by atoms with van der Waals surface area (Å²) < 4.78 is 1.76. The normalized spacial score (nSPS) is 20.2. The maximum Gasteiger partial charge on any atom is 0.0859 e. The number of aliphatic hydroxyl groups excluding tert-OH is 1. The fourth-order valence-corrected chi connectivity index (χ4v) is 1.30. The third kappa shape index (κ3) is 1.04. The van der Waals surface area contributed by atoms with Crippen molar-refractivity contribution < 1.29 is 5.11 Å². The van der Waals surface area contributed by atoms with Crippen molar-refractivity contribution in [1.29, 1.82) is 0 Å². The summed E-state index contributed by atoms with van der Waals surface area (Å²) in [6, 6.07) is 0. The molecular weight excluding hydrogens is 164 g/mol. The second-order valence-electron chi connectivity index (χ2n) is 2.99. The van der Waals surface area contributed by atoms with E-state index in [0.29, 0.717) is 5.02 Å². The van der Waals surface area contributed by atoms with Crippen LogP contribution in [0.2, 0.25) is 5.02 Å². The number of rotatable bonds is 2. The molecule has 1 aliphatic rings. The van der Waals surface area contributed by atoms with Crippen LogP contribution < -0.4 is 0 Å². The SMILES string of the molecule is OCC1(n2cc(Cl)cn2)CC1. The van der Waals surface area contributed by atoms with E-state index in [2.05, 4.69) is 5.10 Å². The molecule has 3 nitrogen and oxygen atoms in total. The second kappa shape index (κ2) is 2.22. The molecule has 0 atom stereocenters. The van der Waals surface area contributed by atoms with Crippen LogP contribution in [0.15, 0.2) is 12.4 Å². The quantitative estimate of drug-likeness (QED) is 0.724. The van der Waals surface area contributed by atoms with Gasteiger partial charge in [0.1, 0.15) is 0 Å². The number of hydrogen-bond acceptors (Lipinski definition) is 2. The number of aromatic nitrogens is 2. The summed E-state index contributed by atoms with van der Waals surface area (Å²) in [5, 5.41) is 13.7. The van der Waals surface area contributed by atoms with Crippen LogP contribution in [0.3, 0.4) is 0 Å². The topological polar surface area (TPSA) is 38.0 Å². The summed E-state index contributed by atoms with van der Waals surface area (Å²) >= 11 is 5.69. The standard InChI is InChI=1S/C7H9ClN2O/c8-6-3-9-10(4-6)7(5-11)1-2-7/h3-4,11H,1-2,5H2. The van der Waals surface area contributed by atoms with E-state index < -0.39 is 0 Å². The van der Waals surface area contributed by atoms with E-state index in [-0.39, 0.29) is 12.1 Å².